The summed E-state index contributed by atoms with van der Waals surface area (Å²) >= 11 is 30.3. The second kappa shape index (κ2) is 6.48. The molecule has 0 aliphatic carbocycles. The van der Waals surface area contributed by atoms with E-state index < -0.39 is 0 Å². The maximum Gasteiger partial charge on any atom is 0.0962 e. The third-order valence-corrected chi connectivity index (χ3v) is 4.98. The van der Waals surface area contributed by atoms with Crippen molar-refractivity contribution in [3.63, 3.8) is 0 Å². The largest absolute Gasteiger partial charge is 0.397 e. The SMILES string of the molecule is N#CCc1cnc(-c2c(Cl)c(Cl)c(Cl)c(Cl)c2Cl)c(N)c1. The Morgan fingerprint density at radius 3 is 2.00 bits per heavy atom. The number of hydrogen-bond acceptors (Lipinski definition) is 3. The van der Waals surface area contributed by atoms with Crippen LogP contribution >= 0.6 is 58.0 Å². The van der Waals surface area contributed by atoms with Crippen LogP contribution in [0.15, 0.2) is 12.3 Å². The summed E-state index contributed by atoms with van der Waals surface area (Å²) in [6.45, 7) is 0. The van der Waals surface area contributed by atoms with Crippen molar-refractivity contribution in [2.75, 3.05) is 5.73 Å². The molecule has 3 nitrogen and oxygen atoms in total. The molecule has 0 unspecified atom stereocenters. The number of hydrogen-bond donors (Lipinski definition) is 1. The lowest BCUT2D eigenvalue weighted by atomic mass is 10.1. The number of nitrogens with zero attached hydrogens (tertiary/aromatic N) is 2. The first kappa shape index (κ1) is 16.5. The number of nitrogen functional groups attached to an aromatic ring is 1. The Balaban J connectivity index is 2.71. The van der Waals surface area contributed by atoms with Crippen LogP contribution < -0.4 is 5.73 Å². The van der Waals surface area contributed by atoms with Crippen molar-refractivity contribution in [1.82, 2.24) is 4.98 Å². The molecule has 2 rings (SSSR count). The van der Waals surface area contributed by atoms with Crippen molar-refractivity contribution in [3.8, 4) is 17.3 Å². The highest BCUT2D eigenvalue weighted by Gasteiger charge is 2.22. The third-order valence-electron chi connectivity index (χ3n) is 2.70. The molecule has 0 fully saturated rings. The Labute approximate surface area is 146 Å². The lowest BCUT2D eigenvalue weighted by Gasteiger charge is -2.14. The van der Waals surface area contributed by atoms with Gasteiger partial charge in [-0.3, -0.25) is 4.98 Å². The number of aromatic nitrogens is 1. The standard InChI is InChI=1S/C13H6Cl5N3/c14-8-7(9(15)11(17)12(18)10(8)16)13-6(20)3-5(1-2-19)4-21-13/h3-4H,1,20H2. The molecule has 2 aromatic rings. The van der Waals surface area contributed by atoms with Crippen molar-refractivity contribution in [2.24, 2.45) is 0 Å². The third kappa shape index (κ3) is 3.01. The van der Waals surface area contributed by atoms with Gasteiger partial charge in [0, 0.05) is 11.8 Å². The molecule has 0 saturated heterocycles. The first-order chi connectivity index (χ1) is 9.88. The summed E-state index contributed by atoms with van der Waals surface area (Å²) in [6.07, 6.45) is 1.71. The van der Waals surface area contributed by atoms with E-state index in [2.05, 4.69) is 4.98 Å². The molecule has 1 aromatic heterocycles. The topological polar surface area (TPSA) is 62.7 Å². The summed E-state index contributed by atoms with van der Waals surface area (Å²) < 4.78 is 0. The quantitative estimate of drug-likeness (QED) is 0.539. The van der Waals surface area contributed by atoms with Gasteiger partial charge in [0.25, 0.3) is 0 Å². The Morgan fingerprint density at radius 2 is 1.52 bits per heavy atom. The van der Waals surface area contributed by atoms with Gasteiger partial charge in [0.15, 0.2) is 0 Å². The number of rotatable bonds is 2. The van der Waals surface area contributed by atoms with Crippen LogP contribution in [0.2, 0.25) is 25.1 Å². The van der Waals surface area contributed by atoms with Crippen molar-refractivity contribution < 1.29 is 0 Å². The van der Waals surface area contributed by atoms with Crippen molar-refractivity contribution in [2.45, 2.75) is 6.42 Å². The maximum absolute atomic E-state index is 8.68. The van der Waals surface area contributed by atoms with E-state index in [-0.39, 0.29) is 31.5 Å². The number of halogens is 5. The fourth-order valence-corrected chi connectivity index (χ4v) is 3.05. The average molecular weight is 381 g/mol. The van der Waals surface area contributed by atoms with Gasteiger partial charge in [0.2, 0.25) is 0 Å². The van der Waals surface area contributed by atoms with Gasteiger partial charge in [-0.15, -0.1) is 0 Å². The van der Waals surface area contributed by atoms with E-state index in [0.717, 1.165) is 0 Å². The first-order valence-electron chi connectivity index (χ1n) is 5.51. The molecule has 2 N–H and O–H groups in total. The van der Waals surface area contributed by atoms with Gasteiger partial charge in [-0.25, -0.2) is 0 Å². The molecule has 0 bridgehead atoms. The molecule has 108 valence electrons. The summed E-state index contributed by atoms with van der Waals surface area (Å²) in [5.41, 5.74) is 7.57. The second-order valence-corrected chi connectivity index (χ2v) is 5.95. The normalized spacial score (nSPS) is 10.5. The zero-order valence-electron chi connectivity index (χ0n) is 10.2. The molecular weight excluding hydrogens is 375 g/mol. The van der Waals surface area contributed by atoms with Gasteiger partial charge < -0.3 is 5.73 Å². The minimum Gasteiger partial charge on any atom is -0.397 e. The zero-order chi connectivity index (χ0) is 15.7. The van der Waals surface area contributed by atoms with Gasteiger partial charge in [0.05, 0.1) is 49.0 Å². The van der Waals surface area contributed by atoms with Crippen LogP contribution in [0.25, 0.3) is 11.3 Å². The van der Waals surface area contributed by atoms with Gasteiger partial charge >= 0.3 is 0 Å². The molecule has 0 amide bonds. The molecule has 0 aliphatic heterocycles. The Morgan fingerprint density at radius 1 is 1.00 bits per heavy atom. The molecule has 0 saturated carbocycles. The average Bonchev–Trinajstić information content (AvgIpc) is 2.46. The highest BCUT2D eigenvalue weighted by atomic mass is 35.5. The van der Waals surface area contributed by atoms with Crippen LogP contribution in [0.1, 0.15) is 5.56 Å². The zero-order valence-corrected chi connectivity index (χ0v) is 14.0. The Bertz CT molecular complexity index is 738. The lowest BCUT2D eigenvalue weighted by Crippen LogP contribution is -1.98. The molecule has 0 spiro atoms. The van der Waals surface area contributed by atoms with Crippen molar-refractivity contribution >= 4 is 63.7 Å². The smallest absolute Gasteiger partial charge is 0.0962 e. The number of pyridine rings is 1. The summed E-state index contributed by atoms with van der Waals surface area (Å²) in [4.78, 5) is 4.20. The molecular formula is C13H6Cl5N3. The second-order valence-electron chi connectivity index (χ2n) is 4.06. The Hall–Kier alpha value is -0.890. The van der Waals surface area contributed by atoms with Crippen molar-refractivity contribution in [1.29, 1.82) is 5.26 Å². The molecule has 8 heteroatoms. The molecule has 0 radical (unpaired) electrons. The number of nitrogens with two attached hydrogens (primary N) is 1. The lowest BCUT2D eigenvalue weighted by molar-refractivity contribution is 1.20. The minimum absolute atomic E-state index is 0.0664. The van der Waals surface area contributed by atoms with Gasteiger partial charge in [0.1, 0.15) is 0 Å². The van der Waals surface area contributed by atoms with E-state index in [1.807, 2.05) is 6.07 Å². The van der Waals surface area contributed by atoms with Crippen LogP contribution in [0.4, 0.5) is 5.69 Å². The number of anilines is 1. The Kier molecular flexibility index (Phi) is 5.08. The van der Waals surface area contributed by atoms with E-state index in [1.54, 1.807) is 6.07 Å². The van der Waals surface area contributed by atoms with Crippen LogP contribution in [0, 0.1) is 11.3 Å². The summed E-state index contributed by atoms with van der Waals surface area (Å²) in [6, 6.07) is 3.63. The molecule has 1 heterocycles. The molecule has 21 heavy (non-hydrogen) atoms. The minimum atomic E-state index is 0.0664. The first-order valence-corrected chi connectivity index (χ1v) is 7.40. The van der Waals surface area contributed by atoms with Crippen LogP contribution in [0.5, 0.6) is 0 Å². The van der Waals surface area contributed by atoms with E-state index in [4.69, 9.17) is 69.0 Å². The number of nitriles is 1. The van der Waals surface area contributed by atoms with Gasteiger partial charge in [-0.1, -0.05) is 58.0 Å². The van der Waals surface area contributed by atoms with Crippen molar-refractivity contribution in [3.05, 3.63) is 42.9 Å². The van der Waals surface area contributed by atoms with E-state index >= 15 is 0 Å². The summed E-state index contributed by atoms with van der Waals surface area (Å²) in [5.74, 6) is 0. The maximum atomic E-state index is 8.68. The molecule has 0 aliphatic rings. The molecule has 1 aromatic carbocycles. The van der Waals surface area contributed by atoms with E-state index in [9.17, 15) is 0 Å². The predicted octanol–water partition coefficient (Wildman–Crippen LogP) is 5.66. The monoisotopic (exact) mass is 379 g/mol. The highest BCUT2D eigenvalue weighted by Crippen LogP contribution is 2.48. The number of benzene rings is 1. The summed E-state index contributed by atoms with van der Waals surface area (Å²) in [7, 11) is 0. The van der Waals surface area contributed by atoms with E-state index in [1.165, 1.54) is 6.20 Å². The fraction of sp³-hybridized carbons (Fsp3) is 0.0769. The summed E-state index contributed by atoms with van der Waals surface area (Å²) in [5, 5.41) is 9.12. The van der Waals surface area contributed by atoms with Gasteiger partial charge in [-0.2, -0.15) is 5.26 Å². The fourth-order valence-electron chi connectivity index (χ4n) is 1.74. The van der Waals surface area contributed by atoms with Crippen LogP contribution in [0.3, 0.4) is 0 Å². The van der Waals surface area contributed by atoms with E-state index in [0.29, 0.717) is 22.5 Å². The van der Waals surface area contributed by atoms with Crippen LogP contribution in [-0.2, 0) is 6.42 Å². The predicted molar refractivity (Wildman–Crippen MR) is 88.5 cm³/mol. The highest BCUT2D eigenvalue weighted by molar-refractivity contribution is 6.56. The van der Waals surface area contributed by atoms with Crippen LogP contribution in [-0.4, -0.2) is 4.98 Å². The molecule has 0 atom stereocenters. The van der Waals surface area contributed by atoms with Gasteiger partial charge in [-0.05, 0) is 11.6 Å².